The summed E-state index contributed by atoms with van der Waals surface area (Å²) in [7, 11) is 0. The Labute approximate surface area is 132 Å². The van der Waals surface area contributed by atoms with Crippen molar-refractivity contribution in [1.82, 2.24) is 19.9 Å². The molecule has 1 amide bonds. The van der Waals surface area contributed by atoms with Crippen molar-refractivity contribution in [3.05, 3.63) is 46.2 Å². The Bertz CT molecular complexity index is 613. The van der Waals surface area contributed by atoms with Gasteiger partial charge in [-0.3, -0.25) is 4.79 Å². The van der Waals surface area contributed by atoms with E-state index < -0.39 is 0 Å². The van der Waals surface area contributed by atoms with Crippen LogP contribution < -0.4 is 0 Å². The number of benzene rings is 1. The molecule has 0 radical (unpaired) electrons. The van der Waals surface area contributed by atoms with Crippen LogP contribution in [0.1, 0.15) is 34.8 Å². The molecule has 0 N–H and O–H groups in total. The second kappa shape index (κ2) is 5.97. The molecule has 6 heteroatoms. The molecule has 1 aromatic carbocycles. The molecule has 0 spiro atoms. The van der Waals surface area contributed by atoms with Crippen LogP contribution in [0.4, 0.5) is 0 Å². The smallest absolute Gasteiger partial charge is 0.253 e. The Morgan fingerprint density at radius 1 is 1.29 bits per heavy atom. The van der Waals surface area contributed by atoms with E-state index in [1.54, 1.807) is 6.20 Å². The number of amides is 1. The number of hydrogen-bond donors (Lipinski definition) is 0. The number of aryl methyl sites for hydroxylation is 1. The molecule has 0 bridgehead atoms. The molecule has 2 heterocycles. The Balaban J connectivity index is 1.67. The maximum atomic E-state index is 12.6. The van der Waals surface area contributed by atoms with Gasteiger partial charge < -0.3 is 4.90 Å². The predicted octanol–water partition coefficient (Wildman–Crippen LogP) is 2.83. The second-order valence-corrected chi connectivity index (χ2v) is 6.34. The van der Waals surface area contributed by atoms with Gasteiger partial charge in [0.15, 0.2) is 0 Å². The van der Waals surface area contributed by atoms with Crippen molar-refractivity contribution in [2.75, 3.05) is 13.1 Å². The lowest BCUT2D eigenvalue weighted by molar-refractivity contribution is 0.0689. The van der Waals surface area contributed by atoms with Crippen molar-refractivity contribution < 1.29 is 4.79 Å². The third-order valence-electron chi connectivity index (χ3n) is 3.86. The quantitative estimate of drug-likeness (QED) is 0.838. The molecular weight excluding hydrogens is 332 g/mol. The fourth-order valence-electron chi connectivity index (χ4n) is 2.79. The van der Waals surface area contributed by atoms with E-state index in [1.165, 1.54) is 0 Å². The topological polar surface area (TPSA) is 51.0 Å². The van der Waals surface area contributed by atoms with Gasteiger partial charge in [0.2, 0.25) is 0 Å². The van der Waals surface area contributed by atoms with Gasteiger partial charge in [-0.25, -0.2) is 4.68 Å². The largest absolute Gasteiger partial charge is 0.338 e. The average molecular weight is 349 g/mol. The molecule has 0 saturated carbocycles. The summed E-state index contributed by atoms with van der Waals surface area (Å²) in [5, 5.41) is 7.89. The van der Waals surface area contributed by atoms with E-state index in [0.717, 1.165) is 41.5 Å². The van der Waals surface area contributed by atoms with E-state index in [2.05, 4.69) is 26.2 Å². The molecule has 110 valence electrons. The van der Waals surface area contributed by atoms with Crippen LogP contribution >= 0.6 is 15.9 Å². The Kier molecular flexibility index (Phi) is 4.05. The second-order valence-electron chi connectivity index (χ2n) is 5.42. The minimum absolute atomic E-state index is 0.108. The van der Waals surface area contributed by atoms with Crippen LogP contribution in [-0.2, 0) is 0 Å². The van der Waals surface area contributed by atoms with Crippen LogP contribution in [0, 0.1) is 6.92 Å². The zero-order chi connectivity index (χ0) is 14.8. The lowest BCUT2D eigenvalue weighted by Crippen LogP contribution is -2.39. The number of aromatic nitrogens is 3. The summed E-state index contributed by atoms with van der Waals surface area (Å²) >= 11 is 3.45. The first-order chi connectivity index (χ1) is 10.1. The summed E-state index contributed by atoms with van der Waals surface area (Å²) in [5.74, 6) is 0.108. The molecule has 21 heavy (non-hydrogen) atoms. The van der Waals surface area contributed by atoms with Crippen molar-refractivity contribution in [3.8, 4) is 0 Å². The molecule has 0 unspecified atom stereocenters. The highest BCUT2D eigenvalue weighted by Crippen LogP contribution is 2.23. The molecule has 1 aliphatic rings. The summed E-state index contributed by atoms with van der Waals surface area (Å²) < 4.78 is 2.84. The van der Waals surface area contributed by atoms with Crippen molar-refractivity contribution in [2.45, 2.75) is 25.8 Å². The van der Waals surface area contributed by atoms with Crippen LogP contribution in [-0.4, -0.2) is 38.9 Å². The molecule has 1 fully saturated rings. The molecule has 3 rings (SSSR count). The lowest BCUT2D eigenvalue weighted by atomic mass is 10.0. The lowest BCUT2D eigenvalue weighted by Gasteiger charge is -2.32. The van der Waals surface area contributed by atoms with E-state index in [-0.39, 0.29) is 5.91 Å². The summed E-state index contributed by atoms with van der Waals surface area (Å²) in [6, 6.07) is 6.18. The van der Waals surface area contributed by atoms with Crippen LogP contribution in [0.25, 0.3) is 0 Å². The zero-order valence-electron chi connectivity index (χ0n) is 11.9. The Morgan fingerprint density at radius 2 is 2.05 bits per heavy atom. The first-order valence-corrected chi connectivity index (χ1v) is 7.85. The van der Waals surface area contributed by atoms with E-state index in [0.29, 0.717) is 6.04 Å². The van der Waals surface area contributed by atoms with E-state index >= 15 is 0 Å². The third-order valence-corrected chi connectivity index (χ3v) is 4.31. The number of rotatable bonds is 2. The summed E-state index contributed by atoms with van der Waals surface area (Å²) in [4.78, 5) is 14.5. The van der Waals surface area contributed by atoms with Crippen molar-refractivity contribution in [2.24, 2.45) is 0 Å². The van der Waals surface area contributed by atoms with Crippen LogP contribution in [0.3, 0.4) is 0 Å². The van der Waals surface area contributed by atoms with E-state index in [1.807, 2.05) is 40.9 Å². The molecule has 1 saturated heterocycles. The normalized spacial score (nSPS) is 16.2. The zero-order valence-corrected chi connectivity index (χ0v) is 13.5. The van der Waals surface area contributed by atoms with E-state index in [4.69, 9.17) is 0 Å². The molecule has 0 atom stereocenters. The van der Waals surface area contributed by atoms with Crippen LogP contribution in [0.5, 0.6) is 0 Å². The minimum Gasteiger partial charge on any atom is -0.338 e. The Hall–Kier alpha value is -1.69. The SMILES string of the molecule is Cc1cc(Br)cc(C(=O)N2CCC(n3ccnn3)CC2)c1. The van der Waals surface area contributed by atoms with Gasteiger partial charge in [0.25, 0.3) is 5.91 Å². The monoisotopic (exact) mass is 348 g/mol. The molecule has 1 aromatic heterocycles. The van der Waals surface area contributed by atoms with Gasteiger partial charge in [0, 0.05) is 29.3 Å². The Morgan fingerprint density at radius 3 is 2.67 bits per heavy atom. The molecule has 1 aliphatic heterocycles. The highest BCUT2D eigenvalue weighted by atomic mass is 79.9. The van der Waals surface area contributed by atoms with Crippen LogP contribution in [0.15, 0.2) is 35.1 Å². The van der Waals surface area contributed by atoms with Gasteiger partial charge in [0.05, 0.1) is 12.2 Å². The van der Waals surface area contributed by atoms with Gasteiger partial charge in [-0.1, -0.05) is 21.1 Å². The fraction of sp³-hybridized carbons (Fsp3) is 0.400. The number of likely N-dealkylation sites (tertiary alicyclic amines) is 1. The van der Waals surface area contributed by atoms with E-state index in [9.17, 15) is 4.79 Å². The average Bonchev–Trinajstić information content (AvgIpc) is 3.00. The van der Waals surface area contributed by atoms with Gasteiger partial charge in [0.1, 0.15) is 0 Å². The fourth-order valence-corrected chi connectivity index (χ4v) is 3.40. The standard InChI is InChI=1S/C15H17BrN4O/c1-11-8-12(10-13(16)9-11)15(21)19-5-2-14(3-6-19)20-7-4-17-18-20/h4,7-10,14H,2-3,5-6H2,1H3. The molecule has 2 aromatic rings. The van der Waals surface area contributed by atoms with Crippen molar-refractivity contribution >= 4 is 21.8 Å². The van der Waals surface area contributed by atoms with Gasteiger partial charge in [-0.15, -0.1) is 5.10 Å². The molecule has 0 aliphatic carbocycles. The number of piperidine rings is 1. The maximum Gasteiger partial charge on any atom is 0.253 e. The minimum atomic E-state index is 0.108. The highest BCUT2D eigenvalue weighted by Gasteiger charge is 2.25. The summed E-state index contributed by atoms with van der Waals surface area (Å²) in [6.07, 6.45) is 5.42. The van der Waals surface area contributed by atoms with Crippen molar-refractivity contribution in [1.29, 1.82) is 0 Å². The van der Waals surface area contributed by atoms with Crippen molar-refractivity contribution in [3.63, 3.8) is 0 Å². The predicted molar refractivity (Wildman–Crippen MR) is 83.1 cm³/mol. The number of halogens is 1. The van der Waals surface area contributed by atoms with Gasteiger partial charge in [-0.05, 0) is 43.5 Å². The summed E-state index contributed by atoms with van der Waals surface area (Å²) in [5.41, 5.74) is 1.84. The highest BCUT2D eigenvalue weighted by molar-refractivity contribution is 9.10. The number of carbonyl (C=O) groups excluding carboxylic acids is 1. The van der Waals surface area contributed by atoms with Crippen LogP contribution in [0.2, 0.25) is 0 Å². The maximum absolute atomic E-state index is 12.6. The number of hydrogen-bond acceptors (Lipinski definition) is 3. The molecule has 5 nitrogen and oxygen atoms in total. The van der Waals surface area contributed by atoms with Gasteiger partial charge in [-0.2, -0.15) is 0 Å². The number of carbonyl (C=O) groups is 1. The third kappa shape index (κ3) is 3.15. The van der Waals surface area contributed by atoms with Gasteiger partial charge >= 0.3 is 0 Å². The summed E-state index contributed by atoms with van der Waals surface area (Å²) in [6.45, 7) is 3.52. The first-order valence-electron chi connectivity index (χ1n) is 7.06. The number of nitrogens with zero attached hydrogens (tertiary/aromatic N) is 4. The first kappa shape index (κ1) is 14.3. The molecular formula is C15H17BrN4O.